The number of carbonyl (C=O) groups excluding carboxylic acids is 1. The van der Waals surface area contributed by atoms with E-state index in [9.17, 15) is 9.18 Å². The molecule has 150 valence electrons. The van der Waals surface area contributed by atoms with Crippen LogP contribution in [0.25, 0.3) is 0 Å². The van der Waals surface area contributed by atoms with Gasteiger partial charge in [-0.2, -0.15) is 0 Å². The fourth-order valence-electron chi connectivity index (χ4n) is 3.38. The fourth-order valence-corrected chi connectivity index (χ4v) is 4.27. The molecule has 2 aromatic carbocycles. The van der Waals surface area contributed by atoms with Crippen LogP contribution in [0.1, 0.15) is 15.9 Å². The number of anilines is 1. The smallest absolute Gasteiger partial charge is 0.253 e. The first-order chi connectivity index (χ1) is 14.1. The molecule has 1 aliphatic heterocycles. The molecule has 1 aliphatic rings. The Morgan fingerprint density at radius 3 is 2.34 bits per heavy atom. The lowest BCUT2D eigenvalue weighted by Crippen LogP contribution is -2.48. The van der Waals surface area contributed by atoms with E-state index in [0.29, 0.717) is 18.7 Å². The van der Waals surface area contributed by atoms with Gasteiger partial charge in [-0.05, 0) is 42.0 Å². The summed E-state index contributed by atoms with van der Waals surface area (Å²) in [7, 11) is 1.98. The lowest BCUT2D eigenvalue weighted by Gasteiger charge is -2.36. The summed E-state index contributed by atoms with van der Waals surface area (Å²) in [6.45, 7) is 2.81. The molecule has 5 nitrogen and oxygen atoms in total. The molecule has 4 rings (SSSR count). The molecule has 0 unspecified atom stereocenters. The third kappa shape index (κ3) is 4.62. The van der Waals surface area contributed by atoms with Crippen molar-refractivity contribution in [2.75, 3.05) is 31.1 Å². The minimum absolute atomic E-state index is 0.0621. The lowest BCUT2D eigenvalue weighted by atomic mass is 10.1. The van der Waals surface area contributed by atoms with E-state index in [0.717, 1.165) is 35.2 Å². The number of aryl methyl sites for hydroxylation is 1. The summed E-state index contributed by atoms with van der Waals surface area (Å²) >= 11 is 1.68. The van der Waals surface area contributed by atoms with Crippen LogP contribution >= 0.6 is 11.8 Å². The van der Waals surface area contributed by atoms with E-state index in [2.05, 4.69) is 9.88 Å². The maximum Gasteiger partial charge on any atom is 0.253 e. The Hall–Kier alpha value is -2.80. The number of nitrogens with zero attached hydrogens (tertiary/aromatic N) is 4. The highest BCUT2D eigenvalue weighted by Gasteiger charge is 2.22. The van der Waals surface area contributed by atoms with E-state index in [1.54, 1.807) is 30.1 Å². The van der Waals surface area contributed by atoms with E-state index < -0.39 is 0 Å². The van der Waals surface area contributed by atoms with Gasteiger partial charge in [-0.15, -0.1) is 0 Å². The Balaban J connectivity index is 1.31. The highest BCUT2D eigenvalue weighted by atomic mass is 32.2. The number of imidazole rings is 1. The Kier molecular flexibility index (Phi) is 5.85. The highest BCUT2D eigenvalue weighted by molar-refractivity contribution is 7.98. The molecular weight excluding hydrogens is 387 g/mol. The van der Waals surface area contributed by atoms with Crippen molar-refractivity contribution in [3.05, 3.63) is 77.9 Å². The van der Waals surface area contributed by atoms with Crippen molar-refractivity contribution in [1.29, 1.82) is 0 Å². The van der Waals surface area contributed by atoms with E-state index >= 15 is 0 Å². The molecule has 0 atom stereocenters. The third-order valence-corrected chi connectivity index (χ3v) is 6.23. The average Bonchev–Trinajstić information content (AvgIpc) is 3.17. The number of halogens is 1. The molecule has 29 heavy (non-hydrogen) atoms. The number of aromatic nitrogens is 2. The highest BCUT2D eigenvalue weighted by Crippen LogP contribution is 2.22. The summed E-state index contributed by atoms with van der Waals surface area (Å²) in [6.07, 6.45) is 3.72. The van der Waals surface area contributed by atoms with Gasteiger partial charge >= 0.3 is 0 Å². The van der Waals surface area contributed by atoms with Crippen molar-refractivity contribution in [2.45, 2.75) is 10.9 Å². The van der Waals surface area contributed by atoms with Crippen LogP contribution in [-0.2, 0) is 12.8 Å². The normalized spacial score (nSPS) is 14.3. The lowest BCUT2D eigenvalue weighted by molar-refractivity contribution is 0.0747. The van der Waals surface area contributed by atoms with Gasteiger partial charge in [0.15, 0.2) is 5.16 Å². The van der Waals surface area contributed by atoms with Gasteiger partial charge in [0.2, 0.25) is 0 Å². The molecule has 1 aromatic heterocycles. The number of rotatable bonds is 5. The second-order valence-corrected chi connectivity index (χ2v) is 8.00. The summed E-state index contributed by atoms with van der Waals surface area (Å²) < 4.78 is 15.1. The molecule has 7 heteroatoms. The topological polar surface area (TPSA) is 41.4 Å². The maximum absolute atomic E-state index is 13.1. The SMILES string of the molecule is Cn1ccnc1SCc1ccc(C(=O)N2CCN(c3ccc(F)cc3)CC2)cc1. The van der Waals surface area contributed by atoms with Crippen molar-refractivity contribution in [3.8, 4) is 0 Å². The van der Waals surface area contributed by atoms with Crippen LogP contribution in [0.3, 0.4) is 0 Å². The van der Waals surface area contributed by atoms with Gasteiger partial charge in [-0.25, -0.2) is 9.37 Å². The summed E-state index contributed by atoms with van der Waals surface area (Å²) in [5.74, 6) is 0.645. The van der Waals surface area contributed by atoms with Crippen molar-refractivity contribution in [1.82, 2.24) is 14.5 Å². The standard InChI is InChI=1S/C22H23FN4OS/c1-25-11-10-24-22(25)29-16-17-2-4-18(5-3-17)21(28)27-14-12-26(13-15-27)20-8-6-19(23)7-9-20/h2-11H,12-16H2,1H3. The fraction of sp³-hybridized carbons (Fsp3) is 0.273. The molecule has 0 N–H and O–H groups in total. The van der Waals surface area contributed by atoms with Crippen molar-refractivity contribution in [2.24, 2.45) is 7.05 Å². The number of benzene rings is 2. The second-order valence-electron chi connectivity index (χ2n) is 7.06. The van der Waals surface area contributed by atoms with Crippen LogP contribution < -0.4 is 4.90 Å². The first-order valence-corrected chi connectivity index (χ1v) is 10.6. The number of amides is 1. The largest absolute Gasteiger partial charge is 0.368 e. The second kappa shape index (κ2) is 8.69. The van der Waals surface area contributed by atoms with Crippen LogP contribution in [-0.4, -0.2) is 46.5 Å². The van der Waals surface area contributed by atoms with Crippen LogP contribution in [0, 0.1) is 5.82 Å². The van der Waals surface area contributed by atoms with Gasteiger partial charge in [0.05, 0.1) is 0 Å². The summed E-state index contributed by atoms with van der Waals surface area (Å²) in [5.41, 5.74) is 2.87. The van der Waals surface area contributed by atoms with E-state index in [1.807, 2.05) is 47.0 Å². The van der Waals surface area contributed by atoms with Gasteiger partial charge in [0.25, 0.3) is 5.91 Å². The Labute approximate surface area is 174 Å². The van der Waals surface area contributed by atoms with E-state index in [4.69, 9.17) is 0 Å². The van der Waals surface area contributed by atoms with E-state index in [-0.39, 0.29) is 11.7 Å². The molecule has 0 radical (unpaired) electrons. The molecule has 1 fully saturated rings. The Bertz CT molecular complexity index is 963. The van der Waals surface area contributed by atoms with Gasteiger partial charge in [0.1, 0.15) is 5.82 Å². The molecule has 2 heterocycles. The first kappa shape index (κ1) is 19.5. The maximum atomic E-state index is 13.1. The van der Waals surface area contributed by atoms with Gasteiger partial charge < -0.3 is 14.4 Å². The summed E-state index contributed by atoms with van der Waals surface area (Å²) in [4.78, 5) is 21.2. The zero-order valence-corrected chi connectivity index (χ0v) is 17.1. The third-order valence-electron chi connectivity index (χ3n) is 5.10. The zero-order chi connectivity index (χ0) is 20.2. The summed E-state index contributed by atoms with van der Waals surface area (Å²) in [6, 6.07) is 14.4. The Morgan fingerprint density at radius 1 is 1.03 bits per heavy atom. The van der Waals surface area contributed by atoms with Gasteiger partial charge in [0, 0.05) is 62.6 Å². The predicted molar refractivity (Wildman–Crippen MR) is 114 cm³/mol. The number of carbonyl (C=O) groups is 1. The number of thioether (sulfide) groups is 1. The van der Waals surface area contributed by atoms with Gasteiger partial charge in [-0.3, -0.25) is 4.79 Å². The van der Waals surface area contributed by atoms with Crippen molar-refractivity contribution in [3.63, 3.8) is 0 Å². The first-order valence-electron chi connectivity index (χ1n) is 9.59. The minimum atomic E-state index is -0.232. The molecule has 0 aliphatic carbocycles. The minimum Gasteiger partial charge on any atom is -0.368 e. The molecule has 1 saturated heterocycles. The summed E-state index contributed by atoms with van der Waals surface area (Å²) in [5, 5.41) is 0.976. The zero-order valence-electron chi connectivity index (χ0n) is 16.3. The predicted octanol–water partition coefficient (Wildman–Crippen LogP) is 3.81. The number of hydrogen-bond donors (Lipinski definition) is 0. The molecule has 1 amide bonds. The van der Waals surface area contributed by atoms with Crippen molar-refractivity contribution < 1.29 is 9.18 Å². The van der Waals surface area contributed by atoms with Crippen LogP contribution in [0.15, 0.2) is 66.1 Å². The quantitative estimate of drug-likeness (QED) is 0.600. The molecule has 3 aromatic rings. The van der Waals surface area contributed by atoms with E-state index in [1.165, 1.54) is 12.1 Å². The Morgan fingerprint density at radius 2 is 1.72 bits per heavy atom. The van der Waals surface area contributed by atoms with Crippen LogP contribution in [0.2, 0.25) is 0 Å². The van der Waals surface area contributed by atoms with Crippen molar-refractivity contribution >= 4 is 23.4 Å². The average molecular weight is 411 g/mol. The molecular formula is C22H23FN4OS. The molecule has 0 spiro atoms. The number of piperazine rings is 1. The monoisotopic (exact) mass is 410 g/mol. The van der Waals surface area contributed by atoms with Gasteiger partial charge in [-0.1, -0.05) is 23.9 Å². The van der Waals surface area contributed by atoms with Crippen LogP contribution in [0.4, 0.5) is 10.1 Å². The number of hydrogen-bond acceptors (Lipinski definition) is 4. The van der Waals surface area contributed by atoms with Crippen LogP contribution in [0.5, 0.6) is 0 Å². The molecule has 0 bridgehead atoms. The molecule has 0 saturated carbocycles.